The van der Waals surface area contributed by atoms with Crippen LogP contribution in [0.1, 0.15) is 52.4 Å². The van der Waals surface area contributed by atoms with Gasteiger partial charge in [0.15, 0.2) is 0 Å². The number of nitrogens with one attached hydrogen (secondary N) is 1. The average molecular weight is 243 g/mol. The molecule has 1 N–H and O–H groups in total. The first-order valence-corrected chi connectivity index (χ1v) is 7.69. The summed E-state index contributed by atoms with van der Waals surface area (Å²) in [5.41, 5.74) is 0. The molecule has 0 aliphatic heterocycles. The van der Waals surface area contributed by atoms with E-state index in [1.165, 1.54) is 45.1 Å². The molecule has 0 aromatic carbocycles. The van der Waals surface area contributed by atoms with Gasteiger partial charge in [-0.05, 0) is 43.6 Å². The molecule has 0 saturated heterocycles. The van der Waals surface area contributed by atoms with Gasteiger partial charge in [0.2, 0.25) is 0 Å². The van der Waals surface area contributed by atoms with Crippen molar-refractivity contribution >= 4 is 12.6 Å². The molecule has 0 bridgehead atoms. The van der Waals surface area contributed by atoms with E-state index in [9.17, 15) is 0 Å². The van der Waals surface area contributed by atoms with Gasteiger partial charge in [0.25, 0.3) is 0 Å². The highest BCUT2D eigenvalue weighted by molar-refractivity contribution is 7.80. The van der Waals surface area contributed by atoms with E-state index in [1.54, 1.807) is 0 Å². The van der Waals surface area contributed by atoms with Crippen LogP contribution >= 0.6 is 12.6 Å². The van der Waals surface area contributed by atoms with Crippen molar-refractivity contribution in [3.63, 3.8) is 0 Å². The van der Waals surface area contributed by atoms with Crippen LogP contribution in [0.25, 0.3) is 0 Å². The van der Waals surface area contributed by atoms with Crippen molar-refractivity contribution in [2.24, 2.45) is 17.8 Å². The SMILES string of the molecule is C[C@@H]1CC[C@H](CCCCNCCS)[C@@H](C)C1. The number of rotatable bonds is 7. The van der Waals surface area contributed by atoms with Crippen LogP contribution in [0.5, 0.6) is 0 Å². The van der Waals surface area contributed by atoms with Gasteiger partial charge in [-0.3, -0.25) is 0 Å². The Kier molecular flexibility index (Phi) is 7.55. The Morgan fingerprint density at radius 1 is 1.12 bits per heavy atom. The van der Waals surface area contributed by atoms with Gasteiger partial charge in [-0.25, -0.2) is 0 Å². The maximum Gasteiger partial charge on any atom is 0.00397 e. The minimum Gasteiger partial charge on any atom is -0.316 e. The van der Waals surface area contributed by atoms with Crippen molar-refractivity contribution in [1.82, 2.24) is 5.32 Å². The van der Waals surface area contributed by atoms with E-state index in [0.29, 0.717) is 0 Å². The monoisotopic (exact) mass is 243 g/mol. The molecule has 1 saturated carbocycles. The second-order valence-corrected chi connectivity index (χ2v) is 6.07. The van der Waals surface area contributed by atoms with Gasteiger partial charge < -0.3 is 5.32 Å². The molecule has 0 spiro atoms. The van der Waals surface area contributed by atoms with E-state index in [-0.39, 0.29) is 0 Å². The third-order valence-corrected chi connectivity index (χ3v) is 4.30. The molecule has 96 valence electrons. The van der Waals surface area contributed by atoms with Crippen LogP contribution in [0.15, 0.2) is 0 Å². The number of hydrogen-bond donors (Lipinski definition) is 2. The molecule has 0 aromatic rings. The van der Waals surface area contributed by atoms with Crippen molar-refractivity contribution in [2.75, 3.05) is 18.8 Å². The molecule has 16 heavy (non-hydrogen) atoms. The lowest BCUT2D eigenvalue weighted by atomic mass is 9.74. The van der Waals surface area contributed by atoms with Gasteiger partial charge in [-0.2, -0.15) is 12.6 Å². The van der Waals surface area contributed by atoms with Crippen LogP contribution in [0.3, 0.4) is 0 Å². The predicted octanol–water partition coefficient (Wildman–Crippen LogP) is 3.75. The largest absolute Gasteiger partial charge is 0.316 e. The van der Waals surface area contributed by atoms with Gasteiger partial charge in [-0.1, -0.05) is 33.1 Å². The Morgan fingerprint density at radius 2 is 1.94 bits per heavy atom. The Morgan fingerprint density at radius 3 is 2.62 bits per heavy atom. The van der Waals surface area contributed by atoms with Crippen LogP contribution in [0.2, 0.25) is 0 Å². The van der Waals surface area contributed by atoms with E-state index in [4.69, 9.17) is 0 Å². The molecule has 0 radical (unpaired) electrons. The van der Waals surface area contributed by atoms with Crippen molar-refractivity contribution in [2.45, 2.75) is 52.4 Å². The molecule has 1 aliphatic carbocycles. The first-order valence-electron chi connectivity index (χ1n) is 7.05. The zero-order valence-corrected chi connectivity index (χ0v) is 11.9. The van der Waals surface area contributed by atoms with Gasteiger partial charge in [0.05, 0.1) is 0 Å². The Bertz CT molecular complexity index is 172. The average Bonchev–Trinajstić information content (AvgIpc) is 2.26. The van der Waals surface area contributed by atoms with Gasteiger partial charge in [0, 0.05) is 12.3 Å². The summed E-state index contributed by atoms with van der Waals surface area (Å²) in [5.74, 6) is 3.91. The second kappa shape index (κ2) is 8.41. The minimum absolute atomic E-state index is 0.956. The quantitative estimate of drug-likeness (QED) is 0.513. The fraction of sp³-hybridized carbons (Fsp3) is 1.00. The third kappa shape index (κ3) is 5.58. The summed E-state index contributed by atoms with van der Waals surface area (Å²) in [5, 5.41) is 3.41. The van der Waals surface area contributed by atoms with E-state index < -0.39 is 0 Å². The zero-order chi connectivity index (χ0) is 11.8. The summed E-state index contributed by atoms with van der Waals surface area (Å²) in [4.78, 5) is 0. The van der Waals surface area contributed by atoms with E-state index in [1.807, 2.05) is 0 Å². The minimum atomic E-state index is 0.956. The molecule has 1 nitrogen and oxygen atoms in total. The summed E-state index contributed by atoms with van der Waals surface area (Å²) in [6.45, 7) is 7.10. The molecule has 1 rings (SSSR count). The third-order valence-electron chi connectivity index (χ3n) is 4.08. The van der Waals surface area contributed by atoms with Crippen LogP contribution in [-0.2, 0) is 0 Å². The lowest BCUT2D eigenvalue weighted by Crippen LogP contribution is -2.22. The highest BCUT2D eigenvalue weighted by Gasteiger charge is 2.24. The smallest absolute Gasteiger partial charge is 0.00397 e. The number of unbranched alkanes of at least 4 members (excludes halogenated alkanes) is 1. The molecule has 0 unspecified atom stereocenters. The number of hydrogen-bond acceptors (Lipinski definition) is 2. The van der Waals surface area contributed by atoms with Gasteiger partial charge in [0.1, 0.15) is 0 Å². The molecular weight excluding hydrogens is 214 g/mol. The van der Waals surface area contributed by atoms with Crippen LogP contribution in [0, 0.1) is 17.8 Å². The summed E-state index contributed by atoms with van der Waals surface area (Å²) in [6, 6.07) is 0. The molecular formula is C14H29NS. The first-order chi connectivity index (χ1) is 7.74. The normalized spacial score (nSPS) is 30.6. The molecule has 0 heterocycles. The highest BCUT2D eigenvalue weighted by atomic mass is 32.1. The van der Waals surface area contributed by atoms with Crippen LogP contribution in [-0.4, -0.2) is 18.8 Å². The molecule has 1 aliphatic rings. The van der Waals surface area contributed by atoms with Gasteiger partial charge in [-0.15, -0.1) is 0 Å². The van der Waals surface area contributed by atoms with Crippen LogP contribution < -0.4 is 5.32 Å². The maximum atomic E-state index is 4.19. The Hall–Kier alpha value is 0.310. The maximum absolute atomic E-state index is 4.19. The lowest BCUT2D eigenvalue weighted by Gasteiger charge is -2.32. The van der Waals surface area contributed by atoms with Crippen LogP contribution in [0.4, 0.5) is 0 Å². The molecule has 1 fully saturated rings. The standard InChI is InChI=1S/C14H29NS/c1-12-6-7-14(13(2)11-12)5-3-4-8-15-9-10-16/h12-16H,3-11H2,1-2H3/t12-,13+,14+/m1/s1. The lowest BCUT2D eigenvalue weighted by molar-refractivity contribution is 0.191. The van der Waals surface area contributed by atoms with E-state index in [2.05, 4.69) is 31.8 Å². The topological polar surface area (TPSA) is 12.0 Å². The Balaban J connectivity index is 2.00. The zero-order valence-electron chi connectivity index (χ0n) is 11.0. The number of thiol groups is 1. The first kappa shape index (κ1) is 14.4. The molecule has 0 aromatic heterocycles. The van der Waals surface area contributed by atoms with Gasteiger partial charge >= 0.3 is 0 Å². The fourth-order valence-electron chi connectivity index (χ4n) is 3.02. The summed E-state index contributed by atoms with van der Waals surface area (Å²) in [7, 11) is 0. The highest BCUT2D eigenvalue weighted by Crippen LogP contribution is 2.35. The Labute approximate surface area is 107 Å². The molecule has 3 atom stereocenters. The van der Waals surface area contributed by atoms with E-state index >= 15 is 0 Å². The molecule has 2 heteroatoms. The summed E-state index contributed by atoms with van der Waals surface area (Å²) in [6.07, 6.45) is 8.60. The summed E-state index contributed by atoms with van der Waals surface area (Å²) >= 11 is 4.19. The van der Waals surface area contributed by atoms with E-state index in [0.717, 1.165) is 30.1 Å². The van der Waals surface area contributed by atoms with Crippen molar-refractivity contribution in [3.05, 3.63) is 0 Å². The van der Waals surface area contributed by atoms with Crippen molar-refractivity contribution in [1.29, 1.82) is 0 Å². The predicted molar refractivity (Wildman–Crippen MR) is 76.2 cm³/mol. The fourth-order valence-corrected chi connectivity index (χ4v) is 3.18. The summed E-state index contributed by atoms with van der Waals surface area (Å²) < 4.78 is 0. The molecule has 0 amide bonds. The van der Waals surface area contributed by atoms with Crippen molar-refractivity contribution in [3.8, 4) is 0 Å². The van der Waals surface area contributed by atoms with Crippen molar-refractivity contribution < 1.29 is 0 Å². The second-order valence-electron chi connectivity index (χ2n) is 5.62.